The molecular formula is C11H12ClN5O4. The average Bonchev–Trinajstić information content (AvgIpc) is 2.45. The van der Waals surface area contributed by atoms with Gasteiger partial charge in [-0.1, -0.05) is 11.6 Å². The third kappa shape index (κ3) is 3.03. The van der Waals surface area contributed by atoms with E-state index in [0.29, 0.717) is 13.1 Å². The van der Waals surface area contributed by atoms with Crippen molar-refractivity contribution in [1.82, 2.24) is 10.2 Å². The molecule has 0 unspecified atom stereocenters. The van der Waals surface area contributed by atoms with E-state index in [2.05, 4.69) is 10.7 Å². The maximum atomic E-state index is 12.3. The van der Waals surface area contributed by atoms with E-state index in [1.54, 1.807) is 0 Å². The molecule has 0 radical (unpaired) electrons. The lowest BCUT2D eigenvalue weighted by Crippen LogP contribution is -2.49. The normalized spacial score (nSPS) is 14.6. The van der Waals surface area contributed by atoms with Gasteiger partial charge in [0.2, 0.25) is 5.91 Å². The van der Waals surface area contributed by atoms with Gasteiger partial charge in [-0.2, -0.15) is 0 Å². The number of nitrogen functional groups attached to an aromatic ring is 1. The summed E-state index contributed by atoms with van der Waals surface area (Å²) in [5.74, 6) is 4.41. The smallest absolute Gasteiger partial charge is 0.295 e. The fraction of sp³-hybridized carbons (Fsp3) is 0.273. The molecule has 1 fully saturated rings. The Morgan fingerprint density at radius 1 is 1.52 bits per heavy atom. The fourth-order valence-electron chi connectivity index (χ4n) is 2.00. The molecule has 0 atom stereocenters. The molecule has 0 spiro atoms. The Bertz CT molecular complexity index is 621. The van der Waals surface area contributed by atoms with Gasteiger partial charge in [-0.05, 0) is 6.07 Å². The summed E-state index contributed by atoms with van der Waals surface area (Å²) in [6.45, 7) is 0.566. The number of carbonyl (C=O) groups is 2. The summed E-state index contributed by atoms with van der Waals surface area (Å²) in [6.07, 6.45) is 0. The molecule has 0 bridgehead atoms. The molecule has 0 aromatic heterocycles. The van der Waals surface area contributed by atoms with Crippen molar-refractivity contribution >= 4 is 34.8 Å². The van der Waals surface area contributed by atoms with Crippen LogP contribution in [-0.4, -0.2) is 41.3 Å². The molecule has 9 nitrogen and oxygen atoms in total. The lowest BCUT2D eigenvalue weighted by atomic mass is 10.1. The molecule has 1 aliphatic rings. The molecule has 1 heterocycles. The van der Waals surface area contributed by atoms with Crippen molar-refractivity contribution in [2.45, 2.75) is 0 Å². The molecule has 10 heteroatoms. The Balaban J connectivity index is 2.37. The maximum Gasteiger partial charge on any atom is 0.295 e. The number of hydrogen-bond acceptors (Lipinski definition) is 6. The van der Waals surface area contributed by atoms with Crippen LogP contribution in [0, 0.1) is 10.1 Å². The van der Waals surface area contributed by atoms with Crippen LogP contribution in [-0.2, 0) is 4.79 Å². The molecule has 4 N–H and O–H groups in total. The van der Waals surface area contributed by atoms with Crippen molar-refractivity contribution in [2.24, 2.45) is 5.84 Å². The minimum absolute atomic E-state index is 0.0281. The predicted molar refractivity (Wildman–Crippen MR) is 74.8 cm³/mol. The Hall–Kier alpha value is -2.39. The van der Waals surface area contributed by atoms with Gasteiger partial charge in [-0.15, -0.1) is 0 Å². The minimum atomic E-state index is -0.694. The third-order valence-electron chi connectivity index (χ3n) is 2.98. The Morgan fingerprint density at radius 2 is 2.24 bits per heavy atom. The molecule has 1 aromatic carbocycles. The highest BCUT2D eigenvalue weighted by molar-refractivity contribution is 6.34. The molecule has 1 aliphatic heterocycles. The van der Waals surface area contributed by atoms with E-state index in [4.69, 9.17) is 17.4 Å². The van der Waals surface area contributed by atoms with Gasteiger partial charge >= 0.3 is 0 Å². The van der Waals surface area contributed by atoms with Gasteiger partial charge in [0, 0.05) is 24.7 Å². The second kappa shape index (κ2) is 5.94. The van der Waals surface area contributed by atoms with E-state index < -0.39 is 16.5 Å². The lowest BCUT2D eigenvalue weighted by molar-refractivity contribution is -0.384. The zero-order chi connectivity index (χ0) is 15.6. The van der Waals surface area contributed by atoms with E-state index in [-0.39, 0.29) is 28.7 Å². The van der Waals surface area contributed by atoms with E-state index >= 15 is 0 Å². The Morgan fingerprint density at radius 3 is 2.81 bits per heavy atom. The number of nitro benzene ring substituents is 1. The monoisotopic (exact) mass is 313 g/mol. The first kappa shape index (κ1) is 15.0. The molecule has 0 saturated carbocycles. The number of piperazine rings is 1. The van der Waals surface area contributed by atoms with Crippen molar-refractivity contribution in [2.75, 3.05) is 25.1 Å². The number of hydrazine groups is 1. The van der Waals surface area contributed by atoms with Crippen molar-refractivity contribution in [1.29, 1.82) is 0 Å². The number of anilines is 1. The van der Waals surface area contributed by atoms with Gasteiger partial charge in [-0.3, -0.25) is 25.5 Å². The highest BCUT2D eigenvalue weighted by atomic mass is 35.5. The summed E-state index contributed by atoms with van der Waals surface area (Å²) in [6, 6.07) is 2.36. The number of rotatable bonds is 3. The highest BCUT2D eigenvalue weighted by Crippen LogP contribution is 2.33. The molecule has 21 heavy (non-hydrogen) atoms. The summed E-state index contributed by atoms with van der Waals surface area (Å²) in [5, 5.41) is 13.5. The zero-order valence-electron chi connectivity index (χ0n) is 10.8. The van der Waals surface area contributed by atoms with Crippen LogP contribution in [0.25, 0.3) is 0 Å². The van der Waals surface area contributed by atoms with E-state index in [9.17, 15) is 19.7 Å². The van der Waals surface area contributed by atoms with Gasteiger partial charge in [0.15, 0.2) is 0 Å². The largest absolute Gasteiger partial charge is 0.353 e. The maximum absolute atomic E-state index is 12.3. The average molecular weight is 314 g/mol. The van der Waals surface area contributed by atoms with Crippen LogP contribution in [0.5, 0.6) is 0 Å². The van der Waals surface area contributed by atoms with Gasteiger partial charge in [0.1, 0.15) is 5.69 Å². The lowest BCUT2D eigenvalue weighted by Gasteiger charge is -2.26. The van der Waals surface area contributed by atoms with E-state index in [1.807, 2.05) is 0 Å². The number of carbonyl (C=O) groups excluding carboxylic acids is 2. The fourth-order valence-corrected chi connectivity index (χ4v) is 2.27. The number of nitro groups is 1. The number of nitrogens with zero attached hydrogens (tertiary/aromatic N) is 2. The number of benzene rings is 1. The summed E-state index contributed by atoms with van der Waals surface area (Å²) in [7, 11) is 0. The van der Waals surface area contributed by atoms with Gasteiger partial charge < -0.3 is 15.6 Å². The first-order valence-corrected chi connectivity index (χ1v) is 6.32. The summed E-state index contributed by atoms with van der Waals surface area (Å²) >= 11 is 5.89. The molecule has 2 rings (SSSR count). The highest BCUT2D eigenvalue weighted by Gasteiger charge is 2.26. The van der Waals surface area contributed by atoms with Crippen molar-refractivity contribution < 1.29 is 14.5 Å². The van der Waals surface area contributed by atoms with Crippen LogP contribution in [0.4, 0.5) is 11.4 Å². The van der Waals surface area contributed by atoms with Gasteiger partial charge in [0.05, 0.1) is 16.5 Å². The Kier molecular flexibility index (Phi) is 4.24. The third-order valence-corrected chi connectivity index (χ3v) is 3.28. The van der Waals surface area contributed by atoms with Crippen molar-refractivity contribution in [3.63, 3.8) is 0 Å². The molecule has 1 saturated heterocycles. The molecule has 1 aromatic rings. The van der Waals surface area contributed by atoms with Crippen LogP contribution < -0.4 is 16.6 Å². The van der Waals surface area contributed by atoms with Gasteiger partial charge in [0.25, 0.3) is 11.6 Å². The quantitative estimate of drug-likeness (QED) is 0.412. The number of hydrogen-bond donors (Lipinski definition) is 3. The molecular weight excluding hydrogens is 302 g/mol. The molecule has 112 valence electrons. The minimum Gasteiger partial charge on any atom is -0.353 e. The Labute approximate surface area is 124 Å². The first-order chi connectivity index (χ1) is 9.93. The van der Waals surface area contributed by atoms with Crippen LogP contribution in [0.15, 0.2) is 12.1 Å². The summed E-state index contributed by atoms with van der Waals surface area (Å²) in [4.78, 5) is 35.2. The van der Waals surface area contributed by atoms with Gasteiger partial charge in [-0.25, -0.2) is 0 Å². The van der Waals surface area contributed by atoms with Crippen LogP contribution in [0.1, 0.15) is 10.4 Å². The van der Waals surface area contributed by atoms with Crippen molar-refractivity contribution in [3.05, 3.63) is 32.8 Å². The number of amides is 2. The molecule has 0 aliphatic carbocycles. The number of nitrogens with two attached hydrogens (primary N) is 1. The van der Waals surface area contributed by atoms with Crippen molar-refractivity contribution in [3.8, 4) is 0 Å². The van der Waals surface area contributed by atoms with E-state index in [0.717, 1.165) is 6.07 Å². The van der Waals surface area contributed by atoms with Crippen LogP contribution >= 0.6 is 11.6 Å². The van der Waals surface area contributed by atoms with Crippen LogP contribution in [0.3, 0.4) is 0 Å². The summed E-state index contributed by atoms with van der Waals surface area (Å²) < 4.78 is 0. The number of halogens is 1. The SMILES string of the molecule is NNc1c(Cl)cc(C(=O)N2CCNC(=O)C2)cc1[N+](=O)[O-]. The second-order valence-corrected chi connectivity index (χ2v) is 4.74. The molecule has 2 amide bonds. The predicted octanol–water partition coefficient (Wildman–Crippen LogP) is 0.106. The topological polar surface area (TPSA) is 131 Å². The number of nitrogens with one attached hydrogen (secondary N) is 2. The van der Waals surface area contributed by atoms with E-state index in [1.165, 1.54) is 11.0 Å². The zero-order valence-corrected chi connectivity index (χ0v) is 11.5. The standard InChI is InChI=1S/C11H12ClN5O4/c12-7-3-6(4-8(17(20)21)10(7)15-13)11(19)16-2-1-14-9(18)5-16/h3-4,15H,1-2,5,13H2,(H,14,18). The first-order valence-electron chi connectivity index (χ1n) is 5.94. The summed E-state index contributed by atoms with van der Waals surface area (Å²) in [5.41, 5.74) is 1.68. The second-order valence-electron chi connectivity index (χ2n) is 4.33. The van der Waals surface area contributed by atoms with Crippen LogP contribution in [0.2, 0.25) is 5.02 Å².